The SMILES string of the molecule is COc1cc(Cl)c(CNC(=O)c2ccc(C(=O)NCc3cc(OC)c(OC)cc3Cl)cc2)cc1OC. The number of hydrogen-bond donors (Lipinski definition) is 2. The molecule has 0 aliphatic heterocycles. The Morgan fingerprint density at radius 2 is 0.917 bits per heavy atom. The van der Waals surface area contributed by atoms with Gasteiger partial charge >= 0.3 is 0 Å². The van der Waals surface area contributed by atoms with Crippen molar-refractivity contribution in [3.63, 3.8) is 0 Å². The summed E-state index contributed by atoms with van der Waals surface area (Å²) >= 11 is 12.6. The highest BCUT2D eigenvalue weighted by Gasteiger charge is 2.14. The molecule has 3 rings (SSSR count). The lowest BCUT2D eigenvalue weighted by Gasteiger charge is -2.13. The van der Waals surface area contributed by atoms with E-state index in [1.807, 2.05) is 0 Å². The van der Waals surface area contributed by atoms with Gasteiger partial charge < -0.3 is 29.6 Å². The summed E-state index contributed by atoms with van der Waals surface area (Å²) in [5.74, 6) is 1.39. The third-order valence-electron chi connectivity index (χ3n) is 5.39. The summed E-state index contributed by atoms with van der Waals surface area (Å²) in [6, 6.07) is 13.0. The van der Waals surface area contributed by atoms with Crippen molar-refractivity contribution in [2.45, 2.75) is 13.1 Å². The van der Waals surface area contributed by atoms with Crippen LogP contribution in [0.3, 0.4) is 0 Å². The molecule has 0 atom stereocenters. The first-order chi connectivity index (χ1) is 17.3. The Kier molecular flexibility index (Phi) is 9.27. The molecular weight excluding hydrogens is 507 g/mol. The average molecular weight is 533 g/mol. The molecule has 0 heterocycles. The van der Waals surface area contributed by atoms with E-state index in [4.69, 9.17) is 42.1 Å². The summed E-state index contributed by atoms with van der Waals surface area (Å²) in [6.07, 6.45) is 0. The first-order valence-electron chi connectivity index (χ1n) is 10.8. The molecule has 0 aliphatic rings. The number of ether oxygens (including phenoxy) is 4. The molecule has 3 aromatic carbocycles. The maximum Gasteiger partial charge on any atom is 0.251 e. The lowest BCUT2D eigenvalue weighted by Crippen LogP contribution is -2.24. The molecule has 190 valence electrons. The first-order valence-corrected chi connectivity index (χ1v) is 11.5. The number of carbonyl (C=O) groups is 2. The van der Waals surface area contributed by atoms with Crippen LogP contribution in [0.15, 0.2) is 48.5 Å². The van der Waals surface area contributed by atoms with Crippen LogP contribution in [0, 0.1) is 0 Å². The normalized spacial score (nSPS) is 10.4. The van der Waals surface area contributed by atoms with Gasteiger partial charge in [-0.05, 0) is 47.5 Å². The van der Waals surface area contributed by atoms with Crippen molar-refractivity contribution in [3.05, 3.63) is 80.8 Å². The fourth-order valence-electron chi connectivity index (χ4n) is 3.39. The molecule has 0 unspecified atom stereocenters. The number of halogens is 2. The fourth-order valence-corrected chi connectivity index (χ4v) is 3.83. The van der Waals surface area contributed by atoms with Crippen LogP contribution >= 0.6 is 23.2 Å². The molecule has 0 radical (unpaired) electrons. The van der Waals surface area contributed by atoms with Crippen LogP contribution in [0.1, 0.15) is 31.8 Å². The zero-order valence-electron chi connectivity index (χ0n) is 20.2. The number of methoxy groups -OCH3 is 4. The second-order valence-electron chi connectivity index (χ2n) is 7.54. The van der Waals surface area contributed by atoms with Gasteiger partial charge in [0.2, 0.25) is 0 Å². The Labute approximate surface area is 219 Å². The van der Waals surface area contributed by atoms with Crippen molar-refractivity contribution in [1.82, 2.24) is 10.6 Å². The molecule has 2 amide bonds. The Hall–Kier alpha value is -3.62. The van der Waals surface area contributed by atoms with E-state index in [1.165, 1.54) is 28.4 Å². The van der Waals surface area contributed by atoms with Crippen LogP contribution in [-0.4, -0.2) is 40.3 Å². The molecule has 10 heteroatoms. The van der Waals surface area contributed by atoms with Crippen LogP contribution in [0.25, 0.3) is 0 Å². The van der Waals surface area contributed by atoms with Gasteiger partial charge in [-0.1, -0.05) is 23.2 Å². The highest BCUT2D eigenvalue weighted by molar-refractivity contribution is 6.32. The first kappa shape index (κ1) is 27.0. The van der Waals surface area contributed by atoms with E-state index in [0.717, 1.165) is 0 Å². The number of rotatable bonds is 10. The Morgan fingerprint density at radius 3 is 1.22 bits per heavy atom. The fraction of sp³-hybridized carbons (Fsp3) is 0.231. The van der Waals surface area contributed by atoms with E-state index in [2.05, 4.69) is 10.6 Å². The van der Waals surface area contributed by atoms with Gasteiger partial charge in [-0.15, -0.1) is 0 Å². The third kappa shape index (κ3) is 6.33. The third-order valence-corrected chi connectivity index (χ3v) is 6.10. The quantitative estimate of drug-likeness (QED) is 0.386. The predicted octanol–water partition coefficient (Wildman–Crippen LogP) is 4.89. The number of nitrogens with one attached hydrogen (secondary N) is 2. The summed E-state index contributed by atoms with van der Waals surface area (Å²) < 4.78 is 21.0. The van der Waals surface area contributed by atoms with E-state index >= 15 is 0 Å². The monoisotopic (exact) mass is 532 g/mol. The van der Waals surface area contributed by atoms with Crippen molar-refractivity contribution in [2.24, 2.45) is 0 Å². The van der Waals surface area contributed by atoms with Gasteiger partial charge in [-0.2, -0.15) is 0 Å². The molecule has 0 aliphatic carbocycles. The van der Waals surface area contributed by atoms with Gasteiger partial charge in [-0.25, -0.2) is 0 Å². The van der Waals surface area contributed by atoms with Gasteiger partial charge in [0, 0.05) is 46.4 Å². The number of benzene rings is 3. The molecule has 0 fully saturated rings. The van der Waals surface area contributed by atoms with Crippen molar-refractivity contribution < 1.29 is 28.5 Å². The van der Waals surface area contributed by atoms with E-state index in [-0.39, 0.29) is 24.9 Å². The molecule has 8 nitrogen and oxygen atoms in total. The Bertz CT molecular complexity index is 1150. The Morgan fingerprint density at radius 1 is 0.611 bits per heavy atom. The number of hydrogen-bond acceptors (Lipinski definition) is 6. The minimum absolute atomic E-state index is 0.187. The number of amides is 2. The van der Waals surface area contributed by atoms with Crippen LogP contribution < -0.4 is 29.6 Å². The highest BCUT2D eigenvalue weighted by Crippen LogP contribution is 2.34. The summed E-state index contributed by atoms with van der Waals surface area (Å²) in [5.41, 5.74) is 2.14. The van der Waals surface area contributed by atoms with Gasteiger partial charge in [0.05, 0.1) is 28.4 Å². The molecule has 0 bridgehead atoms. The second-order valence-corrected chi connectivity index (χ2v) is 8.35. The summed E-state index contributed by atoms with van der Waals surface area (Å²) in [5, 5.41) is 6.50. The average Bonchev–Trinajstić information content (AvgIpc) is 2.90. The largest absolute Gasteiger partial charge is 0.493 e. The maximum atomic E-state index is 12.6. The molecule has 3 aromatic rings. The van der Waals surface area contributed by atoms with Crippen LogP contribution in [-0.2, 0) is 13.1 Å². The zero-order valence-corrected chi connectivity index (χ0v) is 21.8. The van der Waals surface area contributed by atoms with E-state index in [0.29, 0.717) is 55.3 Å². The summed E-state index contributed by atoms with van der Waals surface area (Å²) in [6.45, 7) is 0.374. The molecule has 0 saturated heterocycles. The van der Waals surface area contributed by atoms with Gasteiger partial charge in [-0.3, -0.25) is 9.59 Å². The zero-order chi connectivity index (χ0) is 26.2. The minimum atomic E-state index is -0.315. The standard InChI is InChI=1S/C26H26Cl2N2O6/c1-33-21-9-17(19(27)11-23(21)35-3)13-29-25(31)15-5-7-16(8-6-15)26(32)30-14-18-10-22(34-2)24(36-4)12-20(18)28/h5-12H,13-14H2,1-4H3,(H,29,31)(H,30,32). The van der Waals surface area contributed by atoms with E-state index in [1.54, 1.807) is 48.5 Å². The van der Waals surface area contributed by atoms with E-state index < -0.39 is 0 Å². The minimum Gasteiger partial charge on any atom is -0.493 e. The second kappa shape index (κ2) is 12.4. The number of carbonyl (C=O) groups excluding carboxylic acids is 2. The molecule has 0 aromatic heterocycles. The van der Waals surface area contributed by atoms with Crippen LogP contribution in [0.2, 0.25) is 10.0 Å². The summed E-state index contributed by atoms with van der Waals surface area (Å²) in [7, 11) is 6.08. The molecule has 0 spiro atoms. The maximum absolute atomic E-state index is 12.6. The summed E-state index contributed by atoms with van der Waals surface area (Å²) in [4.78, 5) is 25.2. The van der Waals surface area contributed by atoms with Crippen LogP contribution in [0.4, 0.5) is 0 Å². The van der Waals surface area contributed by atoms with Crippen molar-refractivity contribution in [2.75, 3.05) is 28.4 Å². The van der Waals surface area contributed by atoms with Crippen LogP contribution in [0.5, 0.6) is 23.0 Å². The van der Waals surface area contributed by atoms with Gasteiger partial charge in [0.1, 0.15) is 0 Å². The lowest BCUT2D eigenvalue weighted by molar-refractivity contribution is 0.0939. The Balaban J connectivity index is 1.61. The van der Waals surface area contributed by atoms with Crippen molar-refractivity contribution >= 4 is 35.0 Å². The predicted molar refractivity (Wildman–Crippen MR) is 138 cm³/mol. The van der Waals surface area contributed by atoms with Gasteiger partial charge in [0.25, 0.3) is 11.8 Å². The highest BCUT2D eigenvalue weighted by atomic mass is 35.5. The van der Waals surface area contributed by atoms with Crippen molar-refractivity contribution in [1.29, 1.82) is 0 Å². The smallest absolute Gasteiger partial charge is 0.251 e. The molecule has 0 saturated carbocycles. The molecule has 36 heavy (non-hydrogen) atoms. The molecular formula is C26H26Cl2N2O6. The topological polar surface area (TPSA) is 95.1 Å². The van der Waals surface area contributed by atoms with Gasteiger partial charge in [0.15, 0.2) is 23.0 Å². The molecule has 2 N–H and O–H groups in total. The lowest BCUT2D eigenvalue weighted by atomic mass is 10.1. The van der Waals surface area contributed by atoms with Crippen molar-refractivity contribution in [3.8, 4) is 23.0 Å². The van der Waals surface area contributed by atoms with E-state index in [9.17, 15) is 9.59 Å².